The number of thioether (sulfide) groups is 1. The maximum absolute atomic E-state index is 14.0. The van der Waals surface area contributed by atoms with E-state index in [1.54, 1.807) is 28.6 Å². The van der Waals surface area contributed by atoms with Gasteiger partial charge in [0.2, 0.25) is 17.7 Å². The maximum Gasteiger partial charge on any atom is 0.247 e. The van der Waals surface area contributed by atoms with Crippen LogP contribution in [-0.4, -0.2) is 92.4 Å². The summed E-state index contributed by atoms with van der Waals surface area (Å²) >= 11 is 1.64. The number of rotatable bonds is 7. The number of aliphatic hydroxyl groups excluding tert-OH is 1. The molecule has 3 amide bonds. The molecule has 0 aliphatic carbocycles. The number of aliphatic hydroxyl groups is 1. The molecule has 1 N–H and O–H groups in total. The summed E-state index contributed by atoms with van der Waals surface area (Å²) in [5, 5.41) is 9.07. The number of carbonyl (C=O) groups excluding carboxylic acids is 3. The van der Waals surface area contributed by atoms with Crippen molar-refractivity contribution in [1.82, 2.24) is 14.7 Å². The molecule has 2 fully saturated rings. The van der Waals surface area contributed by atoms with E-state index in [0.29, 0.717) is 19.6 Å². The van der Waals surface area contributed by atoms with Crippen molar-refractivity contribution in [3.63, 3.8) is 0 Å². The summed E-state index contributed by atoms with van der Waals surface area (Å²) in [5.41, 5.74) is 0. The smallest absolute Gasteiger partial charge is 0.247 e. The van der Waals surface area contributed by atoms with Crippen LogP contribution in [0.4, 0.5) is 0 Å². The molecule has 7 nitrogen and oxygen atoms in total. The predicted octanol–water partition coefficient (Wildman–Crippen LogP) is 2.06. The van der Waals surface area contributed by atoms with Gasteiger partial charge in [0.15, 0.2) is 0 Å². The van der Waals surface area contributed by atoms with Gasteiger partial charge in [-0.25, -0.2) is 0 Å². The molecule has 1 unspecified atom stereocenters. The number of fused-ring (bicyclic) bond motifs is 2. The third-order valence-electron chi connectivity index (χ3n) is 7.72. The Hall–Kier alpha value is -1.80. The van der Waals surface area contributed by atoms with Crippen molar-refractivity contribution < 1.29 is 19.5 Å². The molecule has 0 saturated carbocycles. The lowest BCUT2D eigenvalue weighted by Crippen LogP contribution is -2.54. The summed E-state index contributed by atoms with van der Waals surface area (Å²) in [6.07, 6.45) is 11.5. The average molecular weight is 476 g/mol. The van der Waals surface area contributed by atoms with E-state index < -0.39 is 27.4 Å². The summed E-state index contributed by atoms with van der Waals surface area (Å²) in [6, 6.07) is -0.577. The molecule has 1 spiro atoms. The van der Waals surface area contributed by atoms with Crippen molar-refractivity contribution in [3.05, 3.63) is 24.3 Å². The SMILES string of the molecule is CC(C)N1CC=C[C@]23S[C@]4(C)C=CCN(C)C(=O)[C@@H]4[C@H]2C(=O)N(CCCCCCO)C3C1=O. The van der Waals surface area contributed by atoms with Crippen LogP contribution in [0.25, 0.3) is 0 Å². The number of unbranched alkanes of at least 4 members (excludes halogenated alkanes) is 3. The molecule has 5 atom stereocenters. The highest BCUT2D eigenvalue weighted by Gasteiger charge is 2.73. The van der Waals surface area contributed by atoms with E-state index >= 15 is 0 Å². The zero-order chi connectivity index (χ0) is 24.0. The zero-order valence-electron chi connectivity index (χ0n) is 20.2. The van der Waals surface area contributed by atoms with Crippen LogP contribution in [0.1, 0.15) is 46.5 Å². The highest BCUT2D eigenvalue weighted by Crippen LogP contribution is 2.65. The number of hydrogen-bond acceptors (Lipinski definition) is 5. The fourth-order valence-corrected chi connectivity index (χ4v) is 8.27. The van der Waals surface area contributed by atoms with Crippen LogP contribution in [0.3, 0.4) is 0 Å². The van der Waals surface area contributed by atoms with Gasteiger partial charge in [0.25, 0.3) is 0 Å². The first-order valence-electron chi connectivity index (χ1n) is 12.2. The van der Waals surface area contributed by atoms with Crippen molar-refractivity contribution in [3.8, 4) is 0 Å². The molecule has 0 bridgehead atoms. The Bertz CT molecular complexity index is 874. The largest absolute Gasteiger partial charge is 0.396 e. The second kappa shape index (κ2) is 9.10. The summed E-state index contributed by atoms with van der Waals surface area (Å²) in [6.45, 7) is 7.79. The fraction of sp³-hybridized carbons (Fsp3) is 0.720. The van der Waals surface area contributed by atoms with Crippen molar-refractivity contribution in [2.24, 2.45) is 11.8 Å². The summed E-state index contributed by atoms with van der Waals surface area (Å²) in [5.74, 6) is -1.15. The third-order valence-corrected chi connectivity index (χ3v) is 9.52. The molecule has 2 saturated heterocycles. The predicted molar refractivity (Wildman–Crippen MR) is 130 cm³/mol. The molecule has 4 aliphatic heterocycles. The minimum atomic E-state index is -0.750. The molecule has 0 radical (unpaired) electrons. The maximum atomic E-state index is 14.0. The van der Waals surface area contributed by atoms with Crippen LogP contribution < -0.4 is 0 Å². The first-order valence-corrected chi connectivity index (χ1v) is 13.0. The highest BCUT2D eigenvalue weighted by molar-refractivity contribution is 8.02. The Morgan fingerprint density at radius 2 is 1.70 bits per heavy atom. The lowest BCUT2D eigenvalue weighted by molar-refractivity contribution is -0.145. The van der Waals surface area contributed by atoms with Gasteiger partial charge in [-0.05, 0) is 33.6 Å². The number of likely N-dealkylation sites (tertiary alicyclic amines) is 1. The van der Waals surface area contributed by atoms with Crippen LogP contribution in [0, 0.1) is 11.8 Å². The molecule has 8 heteroatoms. The van der Waals surface area contributed by atoms with Crippen molar-refractivity contribution in [2.45, 2.75) is 68.0 Å². The summed E-state index contributed by atoms with van der Waals surface area (Å²) in [7, 11) is 1.79. The van der Waals surface area contributed by atoms with E-state index in [2.05, 4.69) is 19.1 Å². The van der Waals surface area contributed by atoms with E-state index in [9.17, 15) is 14.4 Å². The van der Waals surface area contributed by atoms with Crippen molar-refractivity contribution >= 4 is 29.5 Å². The van der Waals surface area contributed by atoms with Crippen molar-refractivity contribution in [1.29, 1.82) is 0 Å². The van der Waals surface area contributed by atoms with Gasteiger partial charge in [0.05, 0.1) is 16.6 Å². The second-order valence-electron chi connectivity index (χ2n) is 10.3. The van der Waals surface area contributed by atoms with Crippen molar-refractivity contribution in [2.75, 3.05) is 33.3 Å². The minimum Gasteiger partial charge on any atom is -0.396 e. The van der Waals surface area contributed by atoms with E-state index in [4.69, 9.17) is 5.11 Å². The molecule has 33 heavy (non-hydrogen) atoms. The minimum absolute atomic E-state index is 0.0143. The topological polar surface area (TPSA) is 81.2 Å². The standard InChI is InChI=1S/C25H37N3O4S/c1-17(2)27-15-10-12-25-19(18-21(30)26(4)13-9-11-24(18,3)33-25)22(31)28(20(25)23(27)32)14-7-5-6-8-16-29/h9-12,17-20,29H,5-8,13-16H2,1-4H3/t18-,19-,20?,24+,25-/m0/s1. The van der Waals surface area contributed by atoms with Gasteiger partial charge in [-0.15, -0.1) is 11.8 Å². The number of hydrogen-bond donors (Lipinski definition) is 1. The number of nitrogens with zero attached hydrogens (tertiary/aromatic N) is 3. The lowest BCUT2D eigenvalue weighted by atomic mass is 9.74. The molecule has 0 aromatic heterocycles. The van der Waals surface area contributed by atoms with Gasteiger partial charge in [0.1, 0.15) is 6.04 Å². The van der Waals surface area contributed by atoms with Gasteiger partial charge in [0, 0.05) is 44.1 Å². The van der Waals surface area contributed by atoms with Gasteiger partial charge >= 0.3 is 0 Å². The van der Waals surface area contributed by atoms with Crippen LogP contribution in [-0.2, 0) is 14.4 Å². The first-order chi connectivity index (χ1) is 15.7. The van der Waals surface area contributed by atoms with Crippen LogP contribution in [0.5, 0.6) is 0 Å². The average Bonchev–Trinajstić information content (AvgIpc) is 3.02. The normalized spacial score (nSPS) is 35.8. The van der Waals surface area contributed by atoms with Crippen LogP contribution >= 0.6 is 11.8 Å². The van der Waals surface area contributed by atoms with Gasteiger partial charge < -0.3 is 19.8 Å². The molecule has 0 aromatic carbocycles. The highest BCUT2D eigenvalue weighted by atomic mass is 32.2. The molecule has 4 aliphatic rings. The zero-order valence-corrected chi connectivity index (χ0v) is 21.0. The quantitative estimate of drug-likeness (QED) is 0.450. The second-order valence-corrected chi connectivity index (χ2v) is 12.1. The number of carbonyl (C=O) groups is 3. The Morgan fingerprint density at radius 3 is 2.39 bits per heavy atom. The summed E-state index contributed by atoms with van der Waals surface area (Å²) in [4.78, 5) is 46.9. The molecular weight excluding hydrogens is 438 g/mol. The Labute approximate surface area is 201 Å². The van der Waals surface area contributed by atoms with Crippen LogP contribution in [0.15, 0.2) is 24.3 Å². The van der Waals surface area contributed by atoms with E-state index in [-0.39, 0.29) is 30.4 Å². The monoisotopic (exact) mass is 475 g/mol. The lowest BCUT2D eigenvalue weighted by Gasteiger charge is -2.37. The molecule has 182 valence electrons. The fourth-order valence-electron chi connectivity index (χ4n) is 6.11. The Morgan fingerprint density at radius 1 is 1.00 bits per heavy atom. The van der Waals surface area contributed by atoms with E-state index in [0.717, 1.165) is 25.7 Å². The van der Waals surface area contributed by atoms with Crippen LogP contribution in [0.2, 0.25) is 0 Å². The Kier molecular flexibility index (Phi) is 6.71. The Balaban J connectivity index is 1.76. The van der Waals surface area contributed by atoms with E-state index in [1.165, 1.54) is 0 Å². The van der Waals surface area contributed by atoms with E-state index in [1.807, 2.05) is 30.9 Å². The number of amides is 3. The van der Waals surface area contributed by atoms with Gasteiger partial charge in [-0.3, -0.25) is 14.4 Å². The molecule has 4 rings (SSSR count). The molecule has 0 aromatic rings. The van der Waals surface area contributed by atoms with Gasteiger partial charge in [-0.1, -0.05) is 37.1 Å². The first kappa shape index (κ1) is 24.3. The third kappa shape index (κ3) is 3.83. The molecular formula is C25H37N3O4S. The summed E-state index contributed by atoms with van der Waals surface area (Å²) < 4.78 is -1.29. The number of likely N-dealkylation sites (N-methyl/N-ethyl adjacent to an activating group) is 1. The molecule has 4 heterocycles. The van der Waals surface area contributed by atoms with Gasteiger partial charge in [-0.2, -0.15) is 0 Å².